The van der Waals surface area contributed by atoms with Gasteiger partial charge in [-0.2, -0.15) is 0 Å². The molecule has 0 radical (unpaired) electrons. The van der Waals surface area contributed by atoms with Crippen LogP contribution in [-0.2, 0) is 17.6 Å². The predicted molar refractivity (Wildman–Crippen MR) is 79.9 cm³/mol. The molecule has 0 aromatic heterocycles. The molecular formula is C16H24N2O2. The number of amides is 1. The number of carbonyl (C=O) groups is 1. The fourth-order valence-electron chi connectivity index (χ4n) is 2.60. The molecule has 1 amide bonds. The summed E-state index contributed by atoms with van der Waals surface area (Å²) in [5, 5.41) is 3.14. The third kappa shape index (κ3) is 3.97. The third-order valence-corrected chi connectivity index (χ3v) is 3.73. The third-order valence-electron chi connectivity index (χ3n) is 3.73. The van der Waals surface area contributed by atoms with Crippen LogP contribution in [0.25, 0.3) is 0 Å². The predicted octanol–water partition coefficient (Wildman–Crippen LogP) is 1.80. The van der Waals surface area contributed by atoms with Gasteiger partial charge in [0, 0.05) is 6.42 Å². The van der Waals surface area contributed by atoms with E-state index in [0.717, 1.165) is 25.1 Å². The average Bonchev–Trinajstić information content (AvgIpc) is 2.89. The maximum Gasteiger partial charge on any atom is 0.234 e. The van der Waals surface area contributed by atoms with E-state index in [2.05, 4.69) is 24.4 Å². The van der Waals surface area contributed by atoms with Crippen LogP contribution in [0.2, 0.25) is 0 Å². The van der Waals surface area contributed by atoms with Gasteiger partial charge in [0.15, 0.2) is 0 Å². The SMILES string of the molecule is CCCNC(CCOc1ccc2c(c1)CCC2)C(N)=O. The minimum absolute atomic E-state index is 0.302. The summed E-state index contributed by atoms with van der Waals surface area (Å²) >= 11 is 0. The number of fused-ring (bicyclic) bond motifs is 1. The van der Waals surface area contributed by atoms with Crippen LogP contribution in [0.5, 0.6) is 5.75 Å². The molecule has 0 saturated carbocycles. The Balaban J connectivity index is 1.81. The number of rotatable bonds is 8. The van der Waals surface area contributed by atoms with E-state index in [4.69, 9.17) is 10.5 Å². The van der Waals surface area contributed by atoms with Crippen LogP contribution in [0.3, 0.4) is 0 Å². The van der Waals surface area contributed by atoms with Gasteiger partial charge in [-0.25, -0.2) is 0 Å². The molecule has 1 aromatic carbocycles. The van der Waals surface area contributed by atoms with Gasteiger partial charge < -0.3 is 15.8 Å². The van der Waals surface area contributed by atoms with Crippen molar-refractivity contribution in [1.29, 1.82) is 0 Å². The molecule has 110 valence electrons. The largest absolute Gasteiger partial charge is 0.494 e. The molecule has 1 aromatic rings. The highest BCUT2D eigenvalue weighted by Gasteiger charge is 2.15. The van der Waals surface area contributed by atoms with E-state index in [9.17, 15) is 4.79 Å². The maximum absolute atomic E-state index is 11.3. The van der Waals surface area contributed by atoms with E-state index in [0.29, 0.717) is 13.0 Å². The standard InChI is InChI=1S/C16H24N2O2/c1-2-9-18-15(16(17)19)8-10-20-14-7-6-12-4-3-5-13(12)11-14/h6-7,11,15,18H,2-5,8-10H2,1H3,(H2,17,19). The first-order valence-corrected chi connectivity index (χ1v) is 7.48. The zero-order valence-electron chi connectivity index (χ0n) is 12.2. The molecule has 4 heteroatoms. The Kier molecular flexibility index (Phi) is 5.41. The second-order valence-electron chi connectivity index (χ2n) is 5.33. The summed E-state index contributed by atoms with van der Waals surface area (Å²) in [7, 11) is 0. The molecule has 1 atom stereocenters. The topological polar surface area (TPSA) is 64.3 Å². The summed E-state index contributed by atoms with van der Waals surface area (Å²) < 4.78 is 5.74. The number of nitrogens with two attached hydrogens (primary N) is 1. The van der Waals surface area contributed by atoms with Crippen molar-refractivity contribution in [3.63, 3.8) is 0 Å². The smallest absolute Gasteiger partial charge is 0.234 e. The van der Waals surface area contributed by atoms with Gasteiger partial charge in [0.25, 0.3) is 0 Å². The van der Waals surface area contributed by atoms with Crippen LogP contribution in [0, 0.1) is 0 Å². The summed E-state index contributed by atoms with van der Waals surface area (Å²) in [6.45, 7) is 3.36. The molecule has 0 fully saturated rings. The van der Waals surface area contributed by atoms with Crippen LogP contribution in [-0.4, -0.2) is 25.1 Å². The van der Waals surface area contributed by atoms with E-state index in [1.807, 2.05) is 6.07 Å². The molecule has 0 bridgehead atoms. The van der Waals surface area contributed by atoms with Crippen LogP contribution < -0.4 is 15.8 Å². The minimum atomic E-state index is -0.309. The Morgan fingerprint density at radius 2 is 2.20 bits per heavy atom. The van der Waals surface area contributed by atoms with E-state index in [1.165, 1.54) is 24.0 Å². The molecule has 1 aliphatic rings. The number of benzene rings is 1. The molecule has 3 N–H and O–H groups in total. The second-order valence-corrected chi connectivity index (χ2v) is 5.33. The summed E-state index contributed by atoms with van der Waals surface area (Å²) in [4.78, 5) is 11.3. The Hall–Kier alpha value is -1.55. The lowest BCUT2D eigenvalue weighted by Gasteiger charge is -2.15. The zero-order chi connectivity index (χ0) is 14.4. The highest BCUT2D eigenvalue weighted by Crippen LogP contribution is 2.26. The van der Waals surface area contributed by atoms with E-state index in [-0.39, 0.29) is 11.9 Å². The first kappa shape index (κ1) is 14.9. The van der Waals surface area contributed by atoms with E-state index < -0.39 is 0 Å². The lowest BCUT2D eigenvalue weighted by atomic mass is 10.1. The van der Waals surface area contributed by atoms with E-state index in [1.54, 1.807) is 0 Å². The Morgan fingerprint density at radius 3 is 2.95 bits per heavy atom. The van der Waals surface area contributed by atoms with Gasteiger partial charge in [-0.05, 0) is 55.5 Å². The molecule has 0 saturated heterocycles. The highest BCUT2D eigenvalue weighted by atomic mass is 16.5. The molecule has 4 nitrogen and oxygen atoms in total. The van der Waals surface area contributed by atoms with Gasteiger partial charge in [-0.3, -0.25) is 4.79 Å². The van der Waals surface area contributed by atoms with Gasteiger partial charge in [0.1, 0.15) is 5.75 Å². The number of nitrogens with one attached hydrogen (secondary N) is 1. The highest BCUT2D eigenvalue weighted by molar-refractivity contribution is 5.79. The monoisotopic (exact) mass is 276 g/mol. The second kappa shape index (κ2) is 7.29. The average molecular weight is 276 g/mol. The summed E-state index contributed by atoms with van der Waals surface area (Å²) in [6.07, 6.45) is 5.15. The lowest BCUT2D eigenvalue weighted by molar-refractivity contribution is -0.120. The normalized spacial score (nSPS) is 14.8. The minimum Gasteiger partial charge on any atom is -0.494 e. The Bertz CT molecular complexity index is 460. The van der Waals surface area contributed by atoms with Gasteiger partial charge >= 0.3 is 0 Å². The molecule has 1 unspecified atom stereocenters. The molecule has 1 aliphatic carbocycles. The van der Waals surface area contributed by atoms with Crippen molar-refractivity contribution in [2.24, 2.45) is 5.73 Å². The quantitative estimate of drug-likeness (QED) is 0.761. The van der Waals surface area contributed by atoms with Gasteiger partial charge in [0.2, 0.25) is 5.91 Å². The van der Waals surface area contributed by atoms with Crippen molar-refractivity contribution in [2.75, 3.05) is 13.2 Å². The maximum atomic E-state index is 11.3. The Morgan fingerprint density at radius 1 is 1.40 bits per heavy atom. The first-order valence-electron chi connectivity index (χ1n) is 7.48. The Labute approximate surface area is 120 Å². The molecule has 0 aliphatic heterocycles. The number of carbonyl (C=O) groups excluding carboxylic acids is 1. The number of hydrogen-bond acceptors (Lipinski definition) is 3. The van der Waals surface area contributed by atoms with Crippen LogP contribution in [0.4, 0.5) is 0 Å². The summed E-state index contributed by atoms with van der Waals surface area (Å²) in [5.41, 5.74) is 8.22. The number of primary amides is 1. The van der Waals surface area contributed by atoms with Crippen LogP contribution in [0.15, 0.2) is 18.2 Å². The number of hydrogen-bond donors (Lipinski definition) is 2. The fraction of sp³-hybridized carbons (Fsp3) is 0.562. The van der Waals surface area contributed by atoms with Gasteiger partial charge in [-0.15, -0.1) is 0 Å². The van der Waals surface area contributed by atoms with Crippen LogP contribution in [0.1, 0.15) is 37.3 Å². The number of aryl methyl sites for hydroxylation is 2. The molecule has 0 heterocycles. The van der Waals surface area contributed by atoms with Crippen molar-refractivity contribution >= 4 is 5.91 Å². The molecule has 0 spiro atoms. The molecular weight excluding hydrogens is 252 g/mol. The number of ether oxygens (including phenoxy) is 1. The summed E-state index contributed by atoms with van der Waals surface area (Å²) in [6, 6.07) is 5.99. The fourth-order valence-corrected chi connectivity index (χ4v) is 2.60. The lowest BCUT2D eigenvalue weighted by Crippen LogP contribution is -2.42. The molecule has 20 heavy (non-hydrogen) atoms. The van der Waals surface area contributed by atoms with Gasteiger partial charge in [-0.1, -0.05) is 13.0 Å². The van der Waals surface area contributed by atoms with Crippen molar-refractivity contribution < 1.29 is 9.53 Å². The van der Waals surface area contributed by atoms with Crippen molar-refractivity contribution in [3.8, 4) is 5.75 Å². The first-order chi connectivity index (χ1) is 9.70. The van der Waals surface area contributed by atoms with Gasteiger partial charge in [0.05, 0.1) is 12.6 Å². The zero-order valence-corrected chi connectivity index (χ0v) is 12.2. The van der Waals surface area contributed by atoms with Crippen LogP contribution >= 0.6 is 0 Å². The van der Waals surface area contributed by atoms with Crippen molar-refractivity contribution in [2.45, 2.75) is 45.1 Å². The summed E-state index contributed by atoms with van der Waals surface area (Å²) in [5.74, 6) is 0.584. The van der Waals surface area contributed by atoms with E-state index >= 15 is 0 Å². The van der Waals surface area contributed by atoms with Crippen molar-refractivity contribution in [3.05, 3.63) is 29.3 Å². The molecule has 2 rings (SSSR count). The van der Waals surface area contributed by atoms with Crippen molar-refractivity contribution in [1.82, 2.24) is 5.32 Å².